The fraction of sp³-hybridized carbons (Fsp3) is 0.600. The van der Waals surface area contributed by atoms with E-state index in [9.17, 15) is 5.11 Å². The number of anilines is 1. The molecule has 1 aliphatic rings. The van der Waals surface area contributed by atoms with Gasteiger partial charge in [0.1, 0.15) is 5.75 Å². The van der Waals surface area contributed by atoms with E-state index in [1.165, 1.54) is 16.8 Å². The van der Waals surface area contributed by atoms with Crippen LogP contribution in [0.4, 0.5) is 5.69 Å². The lowest BCUT2D eigenvalue weighted by molar-refractivity contribution is 0.122. The summed E-state index contributed by atoms with van der Waals surface area (Å²) in [6.45, 7) is 11.9. The third-order valence-corrected chi connectivity index (χ3v) is 3.82. The highest BCUT2D eigenvalue weighted by Crippen LogP contribution is 2.37. The van der Waals surface area contributed by atoms with Crippen LogP contribution in [0.1, 0.15) is 36.5 Å². The van der Waals surface area contributed by atoms with Gasteiger partial charge in [0.25, 0.3) is 0 Å². The third-order valence-electron chi connectivity index (χ3n) is 3.82. The van der Waals surface area contributed by atoms with Crippen molar-refractivity contribution < 1.29 is 9.84 Å². The predicted octanol–water partition coefficient (Wildman–Crippen LogP) is 2.97. The monoisotopic (exact) mass is 249 g/mol. The molecule has 0 aliphatic carbocycles. The fourth-order valence-electron chi connectivity index (χ4n) is 2.56. The number of phenolic OH excluding ortho intramolecular Hbond substituents is 1. The van der Waals surface area contributed by atoms with Crippen molar-refractivity contribution in [1.29, 1.82) is 0 Å². The molecule has 1 fully saturated rings. The van der Waals surface area contributed by atoms with E-state index >= 15 is 0 Å². The molecule has 0 unspecified atom stereocenters. The van der Waals surface area contributed by atoms with Crippen molar-refractivity contribution in [3.05, 3.63) is 22.8 Å². The zero-order valence-corrected chi connectivity index (χ0v) is 11.8. The number of hydrogen-bond donors (Lipinski definition) is 1. The van der Waals surface area contributed by atoms with Gasteiger partial charge >= 0.3 is 0 Å². The Labute approximate surface area is 109 Å². The van der Waals surface area contributed by atoms with Gasteiger partial charge in [-0.15, -0.1) is 0 Å². The van der Waals surface area contributed by atoms with Gasteiger partial charge in [-0.3, -0.25) is 0 Å². The number of hydrogen-bond acceptors (Lipinski definition) is 3. The van der Waals surface area contributed by atoms with Crippen LogP contribution in [0.2, 0.25) is 0 Å². The first-order chi connectivity index (χ1) is 8.52. The maximum Gasteiger partial charge on any atom is 0.119 e. The quantitative estimate of drug-likeness (QED) is 0.874. The van der Waals surface area contributed by atoms with E-state index in [1.54, 1.807) is 0 Å². The molecule has 18 heavy (non-hydrogen) atoms. The van der Waals surface area contributed by atoms with Crippen molar-refractivity contribution in [1.82, 2.24) is 0 Å². The molecule has 1 saturated heterocycles. The standard InChI is InChI=1S/C15H23NO2/c1-10(2)13-9-14(17)11(3)12(4)15(13)16-5-7-18-8-6-16/h9-10,17H,5-8H2,1-4H3. The third kappa shape index (κ3) is 2.32. The molecule has 1 aliphatic heterocycles. The van der Waals surface area contributed by atoms with E-state index in [2.05, 4.69) is 25.7 Å². The first-order valence-corrected chi connectivity index (χ1v) is 6.68. The number of benzene rings is 1. The Bertz CT molecular complexity index is 435. The summed E-state index contributed by atoms with van der Waals surface area (Å²) in [5.41, 5.74) is 4.71. The van der Waals surface area contributed by atoms with Crippen LogP contribution in [0, 0.1) is 13.8 Å². The second kappa shape index (κ2) is 5.19. The van der Waals surface area contributed by atoms with Crippen molar-refractivity contribution in [2.45, 2.75) is 33.6 Å². The summed E-state index contributed by atoms with van der Waals surface area (Å²) in [6.07, 6.45) is 0. The number of morpholine rings is 1. The maximum absolute atomic E-state index is 10.0. The maximum atomic E-state index is 10.0. The molecule has 0 aromatic heterocycles. The van der Waals surface area contributed by atoms with Gasteiger partial charge in [0.15, 0.2) is 0 Å². The lowest BCUT2D eigenvalue weighted by Gasteiger charge is -2.33. The smallest absolute Gasteiger partial charge is 0.119 e. The van der Waals surface area contributed by atoms with Crippen molar-refractivity contribution in [2.75, 3.05) is 31.2 Å². The zero-order valence-electron chi connectivity index (χ0n) is 11.8. The summed E-state index contributed by atoms with van der Waals surface area (Å²) in [6, 6.07) is 1.93. The summed E-state index contributed by atoms with van der Waals surface area (Å²) >= 11 is 0. The van der Waals surface area contributed by atoms with Gasteiger partial charge in [-0.05, 0) is 42.5 Å². The molecule has 3 heteroatoms. The van der Waals surface area contributed by atoms with Crippen LogP contribution in [0.5, 0.6) is 5.75 Å². The van der Waals surface area contributed by atoms with E-state index < -0.39 is 0 Å². The van der Waals surface area contributed by atoms with Crippen molar-refractivity contribution >= 4 is 5.69 Å². The first-order valence-electron chi connectivity index (χ1n) is 6.68. The van der Waals surface area contributed by atoms with Gasteiger partial charge in [0, 0.05) is 18.8 Å². The molecule has 1 aromatic carbocycles. The van der Waals surface area contributed by atoms with Crippen molar-refractivity contribution in [3.63, 3.8) is 0 Å². The van der Waals surface area contributed by atoms with E-state index in [-0.39, 0.29) is 0 Å². The lowest BCUT2D eigenvalue weighted by atomic mass is 9.93. The second-order valence-corrected chi connectivity index (χ2v) is 5.34. The predicted molar refractivity (Wildman–Crippen MR) is 74.7 cm³/mol. The largest absolute Gasteiger partial charge is 0.508 e. The summed E-state index contributed by atoms with van der Waals surface area (Å²) in [5, 5.41) is 10.0. The average molecular weight is 249 g/mol. The van der Waals surface area contributed by atoms with Crippen LogP contribution >= 0.6 is 0 Å². The molecule has 1 N–H and O–H groups in total. The van der Waals surface area contributed by atoms with Crippen LogP contribution in [0.3, 0.4) is 0 Å². The Kier molecular flexibility index (Phi) is 3.81. The van der Waals surface area contributed by atoms with Crippen LogP contribution in [-0.4, -0.2) is 31.4 Å². The van der Waals surface area contributed by atoms with Crippen molar-refractivity contribution in [3.8, 4) is 5.75 Å². The minimum atomic E-state index is 0.410. The summed E-state index contributed by atoms with van der Waals surface area (Å²) < 4.78 is 5.42. The Morgan fingerprint density at radius 1 is 1.17 bits per heavy atom. The molecule has 100 valence electrons. The van der Waals surface area contributed by atoms with Gasteiger partial charge in [0.05, 0.1) is 13.2 Å². The van der Waals surface area contributed by atoms with Gasteiger partial charge in [-0.1, -0.05) is 13.8 Å². The highest BCUT2D eigenvalue weighted by Gasteiger charge is 2.21. The summed E-state index contributed by atoms with van der Waals surface area (Å²) in [7, 11) is 0. The van der Waals surface area contributed by atoms with Gasteiger partial charge in [-0.2, -0.15) is 0 Å². The van der Waals surface area contributed by atoms with Crippen LogP contribution in [-0.2, 0) is 4.74 Å². The molecule has 0 radical (unpaired) electrons. The lowest BCUT2D eigenvalue weighted by Crippen LogP contribution is -2.37. The molecular weight excluding hydrogens is 226 g/mol. The SMILES string of the molecule is Cc1c(O)cc(C(C)C)c(N2CCOCC2)c1C. The normalized spacial score (nSPS) is 16.4. The molecule has 1 heterocycles. The number of phenols is 1. The van der Waals surface area contributed by atoms with E-state index in [0.29, 0.717) is 11.7 Å². The van der Waals surface area contributed by atoms with Gasteiger partial charge < -0.3 is 14.7 Å². The zero-order chi connectivity index (χ0) is 13.3. The minimum Gasteiger partial charge on any atom is -0.508 e. The number of aromatic hydroxyl groups is 1. The minimum absolute atomic E-state index is 0.410. The van der Waals surface area contributed by atoms with Gasteiger partial charge in [-0.25, -0.2) is 0 Å². The van der Waals surface area contributed by atoms with Crippen LogP contribution < -0.4 is 4.90 Å². The van der Waals surface area contributed by atoms with Crippen molar-refractivity contribution in [2.24, 2.45) is 0 Å². The summed E-state index contributed by atoms with van der Waals surface area (Å²) in [4.78, 5) is 2.39. The fourth-order valence-corrected chi connectivity index (χ4v) is 2.56. The Balaban J connectivity index is 2.51. The van der Waals surface area contributed by atoms with Gasteiger partial charge in [0.2, 0.25) is 0 Å². The van der Waals surface area contributed by atoms with E-state index in [1.807, 2.05) is 13.0 Å². The number of ether oxygens (including phenoxy) is 1. The summed E-state index contributed by atoms with van der Waals surface area (Å²) in [5.74, 6) is 0.821. The topological polar surface area (TPSA) is 32.7 Å². The molecule has 0 spiro atoms. The average Bonchev–Trinajstić information content (AvgIpc) is 2.36. The number of rotatable bonds is 2. The molecular formula is C15H23NO2. The number of nitrogens with zero attached hydrogens (tertiary/aromatic N) is 1. The van der Waals surface area contributed by atoms with Crippen LogP contribution in [0.25, 0.3) is 0 Å². The highest BCUT2D eigenvalue weighted by molar-refractivity contribution is 5.66. The Hall–Kier alpha value is -1.22. The Morgan fingerprint density at radius 2 is 1.78 bits per heavy atom. The molecule has 0 amide bonds. The van der Waals surface area contributed by atoms with Crippen LogP contribution in [0.15, 0.2) is 6.07 Å². The highest BCUT2D eigenvalue weighted by atomic mass is 16.5. The van der Waals surface area contributed by atoms with E-state index in [0.717, 1.165) is 31.9 Å². The second-order valence-electron chi connectivity index (χ2n) is 5.34. The van der Waals surface area contributed by atoms with E-state index in [4.69, 9.17) is 4.74 Å². The molecule has 0 atom stereocenters. The molecule has 0 bridgehead atoms. The molecule has 3 nitrogen and oxygen atoms in total. The first kappa shape index (κ1) is 13.2. The molecule has 1 aromatic rings. The Morgan fingerprint density at radius 3 is 2.33 bits per heavy atom. The molecule has 2 rings (SSSR count). The molecule has 0 saturated carbocycles.